The van der Waals surface area contributed by atoms with Crippen LogP contribution < -0.4 is 10.0 Å². The van der Waals surface area contributed by atoms with Crippen molar-refractivity contribution >= 4 is 39.1 Å². The summed E-state index contributed by atoms with van der Waals surface area (Å²) < 4.78 is 27.8. The Labute approximate surface area is 172 Å². The molecule has 2 saturated heterocycles. The Balaban J connectivity index is 0.00000225. The number of halogens is 1. The van der Waals surface area contributed by atoms with E-state index in [-0.39, 0.29) is 42.2 Å². The number of carbonyl (C=O) groups is 1. The van der Waals surface area contributed by atoms with E-state index in [0.717, 1.165) is 43.1 Å². The second-order valence-corrected chi connectivity index (χ2v) is 9.10. The lowest BCUT2D eigenvalue weighted by Gasteiger charge is -2.28. The van der Waals surface area contributed by atoms with Crippen molar-refractivity contribution in [2.24, 2.45) is 0 Å². The number of fused-ring (bicyclic) bond motifs is 3. The van der Waals surface area contributed by atoms with E-state index in [1.807, 2.05) is 29.2 Å². The maximum absolute atomic E-state index is 12.7. The summed E-state index contributed by atoms with van der Waals surface area (Å²) in [5.41, 5.74) is 0. The molecule has 4 rings (SSSR count). The van der Waals surface area contributed by atoms with Gasteiger partial charge in [-0.1, -0.05) is 30.3 Å². The fourth-order valence-corrected chi connectivity index (χ4v) is 5.30. The molecular formula is C20H26ClN3O3S. The highest BCUT2D eigenvalue weighted by atomic mass is 35.5. The quantitative estimate of drug-likeness (QED) is 0.773. The molecule has 0 aromatic heterocycles. The first-order valence-electron chi connectivity index (χ1n) is 9.55. The van der Waals surface area contributed by atoms with Crippen molar-refractivity contribution in [1.82, 2.24) is 14.9 Å². The SMILES string of the molecule is Cl.O=C(CCNS(=O)(=O)c1ccc2ccccc2c1)N1C2CCNCC1CC2. The maximum Gasteiger partial charge on any atom is 0.240 e. The molecule has 2 fully saturated rings. The van der Waals surface area contributed by atoms with E-state index < -0.39 is 10.0 Å². The van der Waals surface area contributed by atoms with Gasteiger partial charge in [0.25, 0.3) is 0 Å². The van der Waals surface area contributed by atoms with Gasteiger partial charge in [0.1, 0.15) is 0 Å². The second kappa shape index (κ2) is 8.78. The fourth-order valence-electron chi connectivity index (χ4n) is 4.23. The molecule has 0 spiro atoms. The van der Waals surface area contributed by atoms with Gasteiger partial charge in [0.05, 0.1) is 4.90 Å². The monoisotopic (exact) mass is 423 g/mol. The summed E-state index contributed by atoms with van der Waals surface area (Å²) in [5.74, 6) is 0.0485. The molecular weight excluding hydrogens is 398 g/mol. The van der Waals surface area contributed by atoms with Gasteiger partial charge >= 0.3 is 0 Å². The highest BCUT2D eigenvalue weighted by molar-refractivity contribution is 7.89. The summed E-state index contributed by atoms with van der Waals surface area (Å²) in [6.07, 6.45) is 3.26. The Kier molecular flexibility index (Phi) is 6.60. The molecule has 2 aliphatic rings. The standard InChI is InChI=1S/C20H25N3O3S.ClH/c24-20(23-17-6-7-18(23)14-21-11-9-17)10-12-22-27(25,26)19-8-5-15-3-1-2-4-16(15)13-19;/h1-5,8,13,17-18,21-22H,6-7,9-12,14H2;1H. The molecule has 2 bridgehead atoms. The predicted octanol–water partition coefficient (Wildman–Crippen LogP) is 2.28. The molecule has 8 heteroatoms. The van der Waals surface area contributed by atoms with Gasteiger partial charge in [-0.25, -0.2) is 13.1 Å². The van der Waals surface area contributed by atoms with Crippen molar-refractivity contribution in [3.05, 3.63) is 42.5 Å². The van der Waals surface area contributed by atoms with E-state index in [1.165, 1.54) is 0 Å². The number of amides is 1. The minimum absolute atomic E-state index is 0. The fraction of sp³-hybridized carbons (Fsp3) is 0.450. The summed E-state index contributed by atoms with van der Waals surface area (Å²) in [5, 5.41) is 5.25. The van der Waals surface area contributed by atoms with Gasteiger partial charge in [-0.3, -0.25) is 4.79 Å². The molecule has 2 aliphatic heterocycles. The third-order valence-corrected chi connectivity index (χ3v) is 7.06. The maximum atomic E-state index is 12.7. The first-order chi connectivity index (χ1) is 13.0. The zero-order valence-electron chi connectivity index (χ0n) is 15.6. The van der Waals surface area contributed by atoms with Crippen molar-refractivity contribution in [3.63, 3.8) is 0 Å². The number of rotatable bonds is 5. The van der Waals surface area contributed by atoms with E-state index in [1.54, 1.807) is 18.2 Å². The Morgan fingerprint density at radius 1 is 1.07 bits per heavy atom. The van der Waals surface area contributed by atoms with Gasteiger partial charge in [0.2, 0.25) is 15.9 Å². The summed E-state index contributed by atoms with van der Waals surface area (Å²) in [6.45, 7) is 1.90. The van der Waals surface area contributed by atoms with Crippen LogP contribution in [0.25, 0.3) is 10.8 Å². The van der Waals surface area contributed by atoms with Crippen LogP contribution in [0, 0.1) is 0 Å². The van der Waals surface area contributed by atoms with Gasteiger partial charge in [0, 0.05) is 31.6 Å². The third kappa shape index (κ3) is 4.33. The van der Waals surface area contributed by atoms with Crippen LogP contribution in [-0.4, -0.2) is 50.9 Å². The number of carbonyl (C=O) groups excluding carboxylic acids is 1. The summed E-state index contributed by atoms with van der Waals surface area (Å²) in [7, 11) is -3.63. The molecule has 2 aromatic rings. The van der Waals surface area contributed by atoms with Crippen LogP contribution in [0.1, 0.15) is 25.7 Å². The lowest BCUT2D eigenvalue weighted by atomic mass is 10.1. The van der Waals surface area contributed by atoms with Crippen LogP contribution in [0.15, 0.2) is 47.4 Å². The second-order valence-electron chi connectivity index (χ2n) is 7.34. The lowest BCUT2D eigenvalue weighted by molar-refractivity contribution is -0.133. The average molecular weight is 424 g/mol. The van der Waals surface area contributed by atoms with Gasteiger partial charge in [-0.2, -0.15) is 0 Å². The molecule has 1 amide bonds. The average Bonchev–Trinajstić information content (AvgIpc) is 2.93. The van der Waals surface area contributed by atoms with Crippen molar-refractivity contribution < 1.29 is 13.2 Å². The van der Waals surface area contributed by atoms with Crippen LogP contribution in [-0.2, 0) is 14.8 Å². The summed E-state index contributed by atoms with van der Waals surface area (Å²) >= 11 is 0. The zero-order chi connectivity index (χ0) is 18.9. The number of nitrogens with zero attached hydrogens (tertiary/aromatic N) is 1. The smallest absolute Gasteiger partial charge is 0.240 e. The van der Waals surface area contributed by atoms with Crippen LogP contribution in [0.3, 0.4) is 0 Å². The Hall–Kier alpha value is -1.67. The molecule has 0 aliphatic carbocycles. The third-order valence-electron chi connectivity index (χ3n) is 5.60. The van der Waals surface area contributed by atoms with E-state index in [9.17, 15) is 13.2 Å². The topological polar surface area (TPSA) is 78.5 Å². The van der Waals surface area contributed by atoms with Crippen LogP contribution in [0.5, 0.6) is 0 Å². The molecule has 2 N–H and O–H groups in total. The van der Waals surface area contributed by atoms with Crippen LogP contribution in [0.2, 0.25) is 0 Å². The molecule has 6 nitrogen and oxygen atoms in total. The summed E-state index contributed by atoms with van der Waals surface area (Å²) in [4.78, 5) is 14.9. The minimum Gasteiger partial charge on any atom is -0.335 e. The predicted molar refractivity (Wildman–Crippen MR) is 112 cm³/mol. The molecule has 28 heavy (non-hydrogen) atoms. The summed E-state index contributed by atoms with van der Waals surface area (Å²) in [6, 6.07) is 13.3. The Morgan fingerprint density at radius 3 is 2.64 bits per heavy atom. The number of nitrogens with one attached hydrogen (secondary N) is 2. The molecule has 152 valence electrons. The van der Waals surface area contributed by atoms with E-state index >= 15 is 0 Å². The van der Waals surface area contributed by atoms with E-state index in [4.69, 9.17) is 0 Å². The van der Waals surface area contributed by atoms with E-state index in [0.29, 0.717) is 6.04 Å². The normalized spacial score (nSPS) is 21.9. The largest absolute Gasteiger partial charge is 0.335 e. The lowest BCUT2D eigenvalue weighted by Crippen LogP contribution is -2.43. The van der Waals surface area contributed by atoms with Gasteiger partial charge in [-0.05, 0) is 48.7 Å². The number of hydrogen-bond donors (Lipinski definition) is 2. The van der Waals surface area contributed by atoms with Crippen LogP contribution >= 0.6 is 12.4 Å². The molecule has 0 radical (unpaired) electrons. The molecule has 2 unspecified atom stereocenters. The van der Waals surface area contributed by atoms with Crippen molar-refractivity contribution in [1.29, 1.82) is 0 Å². The molecule has 2 aromatic carbocycles. The molecule has 0 saturated carbocycles. The highest BCUT2D eigenvalue weighted by Gasteiger charge is 2.37. The van der Waals surface area contributed by atoms with Crippen molar-refractivity contribution in [2.45, 2.75) is 42.7 Å². The first kappa shape index (κ1) is 21.0. The van der Waals surface area contributed by atoms with Crippen LogP contribution in [0.4, 0.5) is 0 Å². The minimum atomic E-state index is -3.63. The van der Waals surface area contributed by atoms with Gasteiger partial charge in [0.15, 0.2) is 0 Å². The molecule has 2 atom stereocenters. The molecule has 2 heterocycles. The van der Waals surface area contributed by atoms with Crippen molar-refractivity contribution in [2.75, 3.05) is 19.6 Å². The van der Waals surface area contributed by atoms with Gasteiger partial charge < -0.3 is 10.2 Å². The van der Waals surface area contributed by atoms with E-state index in [2.05, 4.69) is 10.0 Å². The number of sulfonamides is 1. The number of benzene rings is 2. The first-order valence-corrected chi connectivity index (χ1v) is 11.0. The number of hydrogen-bond acceptors (Lipinski definition) is 4. The van der Waals surface area contributed by atoms with Crippen molar-refractivity contribution in [3.8, 4) is 0 Å². The van der Waals surface area contributed by atoms with Gasteiger partial charge in [-0.15, -0.1) is 12.4 Å². The Bertz CT molecular complexity index is 937. The zero-order valence-corrected chi connectivity index (χ0v) is 17.3. The Morgan fingerprint density at radius 2 is 1.82 bits per heavy atom. The highest BCUT2D eigenvalue weighted by Crippen LogP contribution is 2.28.